The Bertz CT molecular complexity index is 1570. The fourth-order valence-electron chi connectivity index (χ4n) is 9.05. The zero-order chi connectivity index (χ0) is 59.2. The number of carbonyl (C=O) groups excluding carboxylic acids is 4. The van der Waals surface area contributed by atoms with Gasteiger partial charge in [0.25, 0.3) is 0 Å². The average Bonchev–Trinajstić information content (AvgIpc) is 3.42. The van der Waals surface area contributed by atoms with Crippen LogP contribution in [0.3, 0.4) is 0 Å². The van der Waals surface area contributed by atoms with E-state index in [1.807, 2.05) is 0 Å². The zero-order valence-corrected chi connectivity index (χ0v) is 53.0. The van der Waals surface area contributed by atoms with E-state index in [0.29, 0.717) is 31.6 Å². The molecule has 0 aromatic heterocycles. The Hall–Kier alpha value is -1.94. The molecule has 0 aromatic carbocycles. The maximum absolute atomic E-state index is 12.9. The quantitative estimate of drug-likeness (QED) is 0.0222. The maximum atomic E-state index is 12.9. The third kappa shape index (κ3) is 55.3. The van der Waals surface area contributed by atoms with Crippen LogP contribution in [0.2, 0.25) is 0 Å². The second-order valence-electron chi connectivity index (χ2n) is 22.6. The number of ether oxygens (including phenoxy) is 4. The SMILES string of the molecule is CCCCCCCCCCCCCCCCCCCCC(=O)O[C@H](COC(=O)CCCCCCCCC(C)C)COP(=O)(O)OC[C@@H](O)COP(=O)(O)OC[C@@H](COC(=O)CCCCCCC)OC(=O)CCCCCCCCCC. The van der Waals surface area contributed by atoms with Crippen LogP contribution in [0.4, 0.5) is 0 Å². The minimum absolute atomic E-state index is 0.104. The van der Waals surface area contributed by atoms with Gasteiger partial charge in [0, 0.05) is 25.7 Å². The van der Waals surface area contributed by atoms with Gasteiger partial charge in [-0.3, -0.25) is 37.3 Å². The van der Waals surface area contributed by atoms with E-state index in [-0.39, 0.29) is 25.7 Å². The first-order valence-electron chi connectivity index (χ1n) is 32.1. The highest BCUT2D eigenvalue weighted by Crippen LogP contribution is 2.45. The predicted molar refractivity (Wildman–Crippen MR) is 317 cm³/mol. The fraction of sp³-hybridized carbons (Fsp3) is 0.934. The van der Waals surface area contributed by atoms with E-state index in [9.17, 15) is 43.2 Å². The van der Waals surface area contributed by atoms with Crippen LogP contribution in [-0.2, 0) is 65.4 Å². The van der Waals surface area contributed by atoms with Crippen molar-refractivity contribution >= 4 is 39.5 Å². The monoisotopic (exact) mass is 1180 g/mol. The van der Waals surface area contributed by atoms with Crippen LogP contribution in [0, 0.1) is 5.92 Å². The molecule has 474 valence electrons. The number of esters is 4. The Kier molecular flexibility index (Phi) is 53.6. The summed E-state index contributed by atoms with van der Waals surface area (Å²) in [6, 6.07) is 0. The van der Waals surface area contributed by atoms with E-state index in [2.05, 4.69) is 34.6 Å². The molecule has 0 heterocycles. The van der Waals surface area contributed by atoms with Crippen molar-refractivity contribution in [1.82, 2.24) is 0 Å². The highest BCUT2D eigenvalue weighted by molar-refractivity contribution is 7.47. The van der Waals surface area contributed by atoms with Crippen molar-refractivity contribution < 1.29 is 80.2 Å². The van der Waals surface area contributed by atoms with Gasteiger partial charge < -0.3 is 33.8 Å². The molecule has 0 saturated carbocycles. The van der Waals surface area contributed by atoms with E-state index in [1.54, 1.807) is 0 Å². The molecule has 2 unspecified atom stereocenters. The van der Waals surface area contributed by atoms with Crippen LogP contribution in [0.5, 0.6) is 0 Å². The molecule has 0 saturated heterocycles. The Morgan fingerprint density at radius 3 is 0.850 bits per heavy atom. The van der Waals surface area contributed by atoms with Gasteiger partial charge in [-0.25, -0.2) is 9.13 Å². The Balaban J connectivity index is 5.10. The number of unbranched alkanes of at least 4 members (excludes halogenated alkanes) is 33. The van der Waals surface area contributed by atoms with Gasteiger partial charge in [0.05, 0.1) is 26.4 Å². The number of rotatable bonds is 61. The molecule has 0 aliphatic heterocycles. The minimum atomic E-state index is -4.94. The van der Waals surface area contributed by atoms with Gasteiger partial charge in [-0.05, 0) is 31.6 Å². The van der Waals surface area contributed by atoms with Crippen LogP contribution in [0.1, 0.15) is 304 Å². The average molecular weight is 1190 g/mol. The molecule has 0 rings (SSSR count). The number of phosphoric acid groups is 2. The molecule has 0 aliphatic carbocycles. The van der Waals surface area contributed by atoms with Crippen LogP contribution < -0.4 is 0 Å². The number of hydrogen-bond donors (Lipinski definition) is 3. The normalized spacial score (nSPS) is 14.3. The lowest BCUT2D eigenvalue weighted by atomic mass is 10.0. The second kappa shape index (κ2) is 55.0. The molecular weight excluding hydrogens is 1070 g/mol. The molecule has 3 N–H and O–H groups in total. The molecule has 0 aromatic rings. The Labute approximate surface area is 486 Å². The van der Waals surface area contributed by atoms with E-state index < -0.39 is 97.5 Å². The first-order valence-corrected chi connectivity index (χ1v) is 35.1. The first-order chi connectivity index (χ1) is 38.5. The minimum Gasteiger partial charge on any atom is -0.462 e. The third-order valence-electron chi connectivity index (χ3n) is 14.0. The molecule has 0 bridgehead atoms. The lowest BCUT2D eigenvalue weighted by Crippen LogP contribution is -2.30. The van der Waals surface area contributed by atoms with Crippen molar-refractivity contribution in [3.63, 3.8) is 0 Å². The van der Waals surface area contributed by atoms with Crippen molar-refractivity contribution in [2.45, 2.75) is 323 Å². The van der Waals surface area contributed by atoms with Crippen LogP contribution >= 0.6 is 15.6 Å². The predicted octanol–water partition coefficient (Wildman–Crippen LogP) is 16.6. The number of phosphoric ester groups is 2. The highest BCUT2D eigenvalue weighted by Gasteiger charge is 2.30. The largest absolute Gasteiger partial charge is 0.472 e. The standard InChI is InChI=1S/C61H118O17P2/c1-6-9-12-15-17-19-20-21-22-23-24-25-26-27-28-30-37-42-47-61(66)78-57(51-72-59(64)45-40-35-32-31-34-38-43-54(4)5)53-76-80(69,70)74-49-55(62)48-73-79(67,68)75-52-56(50-71-58(63)44-39-33-14-11-8-3)77-60(65)46-41-36-29-18-16-13-10-7-2/h54-57,62H,6-53H2,1-5H3,(H,67,68)(H,69,70)/t55-,56+,57+/m0/s1. The van der Waals surface area contributed by atoms with Crippen LogP contribution in [-0.4, -0.2) is 96.7 Å². The summed E-state index contributed by atoms with van der Waals surface area (Å²) < 4.78 is 67.6. The van der Waals surface area contributed by atoms with Gasteiger partial charge in [0.15, 0.2) is 12.2 Å². The van der Waals surface area contributed by atoms with Crippen molar-refractivity contribution in [2.24, 2.45) is 5.92 Å². The third-order valence-corrected chi connectivity index (χ3v) is 15.9. The van der Waals surface area contributed by atoms with Crippen LogP contribution in [0.25, 0.3) is 0 Å². The summed E-state index contributed by atoms with van der Waals surface area (Å²) in [5.41, 5.74) is 0. The second-order valence-corrected chi connectivity index (χ2v) is 25.5. The highest BCUT2D eigenvalue weighted by atomic mass is 31.2. The van der Waals surface area contributed by atoms with E-state index in [1.165, 1.54) is 109 Å². The molecule has 17 nitrogen and oxygen atoms in total. The number of aliphatic hydroxyl groups excluding tert-OH is 1. The van der Waals surface area contributed by atoms with Gasteiger partial charge in [-0.15, -0.1) is 0 Å². The van der Waals surface area contributed by atoms with E-state index >= 15 is 0 Å². The van der Waals surface area contributed by atoms with Crippen molar-refractivity contribution in [3.8, 4) is 0 Å². The summed E-state index contributed by atoms with van der Waals surface area (Å²) in [6.45, 7) is 6.97. The molecule has 0 radical (unpaired) electrons. The molecule has 0 aliphatic rings. The maximum Gasteiger partial charge on any atom is 0.472 e. The molecule has 0 fully saturated rings. The van der Waals surface area contributed by atoms with Gasteiger partial charge in [-0.2, -0.15) is 0 Å². The van der Waals surface area contributed by atoms with Gasteiger partial charge in [0.2, 0.25) is 0 Å². The van der Waals surface area contributed by atoms with E-state index in [0.717, 1.165) is 109 Å². The zero-order valence-electron chi connectivity index (χ0n) is 51.2. The summed E-state index contributed by atoms with van der Waals surface area (Å²) in [5, 5.41) is 10.5. The van der Waals surface area contributed by atoms with Crippen molar-refractivity contribution in [2.75, 3.05) is 39.6 Å². The molecule has 0 spiro atoms. The lowest BCUT2D eigenvalue weighted by Gasteiger charge is -2.21. The summed E-state index contributed by atoms with van der Waals surface area (Å²) in [5.74, 6) is -1.47. The van der Waals surface area contributed by atoms with Crippen molar-refractivity contribution in [3.05, 3.63) is 0 Å². The molecule has 19 heteroatoms. The Morgan fingerprint density at radius 1 is 0.338 bits per heavy atom. The molecule has 80 heavy (non-hydrogen) atoms. The number of hydrogen-bond acceptors (Lipinski definition) is 15. The lowest BCUT2D eigenvalue weighted by molar-refractivity contribution is -0.161. The van der Waals surface area contributed by atoms with Gasteiger partial charge in [0.1, 0.15) is 19.3 Å². The first kappa shape index (κ1) is 78.1. The molecular formula is C61H118O17P2. The summed E-state index contributed by atoms with van der Waals surface area (Å²) in [7, 11) is -9.87. The smallest absolute Gasteiger partial charge is 0.462 e. The van der Waals surface area contributed by atoms with Crippen molar-refractivity contribution in [1.29, 1.82) is 0 Å². The number of aliphatic hydroxyl groups is 1. The van der Waals surface area contributed by atoms with Crippen LogP contribution in [0.15, 0.2) is 0 Å². The van der Waals surface area contributed by atoms with E-state index in [4.69, 9.17) is 37.0 Å². The summed E-state index contributed by atoms with van der Waals surface area (Å²) in [6.07, 6.45) is 38.3. The Morgan fingerprint density at radius 2 is 0.575 bits per heavy atom. The number of carbonyl (C=O) groups is 4. The van der Waals surface area contributed by atoms with Gasteiger partial charge >= 0.3 is 39.5 Å². The fourth-order valence-corrected chi connectivity index (χ4v) is 10.6. The van der Waals surface area contributed by atoms with Gasteiger partial charge in [-0.1, -0.05) is 253 Å². The summed E-state index contributed by atoms with van der Waals surface area (Å²) >= 11 is 0. The molecule has 5 atom stereocenters. The molecule has 0 amide bonds. The summed E-state index contributed by atoms with van der Waals surface area (Å²) in [4.78, 5) is 71.7. The topological polar surface area (TPSA) is 237 Å².